The molecule has 1 aromatic carbocycles. The molecule has 0 unspecified atom stereocenters. The van der Waals surface area contributed by atoms with E-state index in [9.17, 15) is 14.9 Å². The molecular formula is C16H11ClN2O4S2. The van der Waals surface area contributed by atoms with E-state index in [1.807, 2.05) is 6.92 Å². The number of benzene rings is 1. The molecule has 1 aliphatic rings. The molecule has 1 aromatic heterocycles. The van der Waals surface area contributed by atoms with Gasteiger partial charge in [0.1, 0.15) is 15.8 Å². The molecule has 0 radical (unpaired) electrons. The van der Waals surface area contributed by atoms with Crippen LogP contribution in [0, 0.1) is 10.1 Å². The standard InChI is InChI=1S/C16H11ClN2O4S2/c1-2-18-15(20)14(25-16(18)24)8-10-4-6-13(23-10)11-5-3-9(17)7-12(11)19(21)22/h3-8H,2H2,1H3/b14-8+. The number of thiocarbonyl (C=S) groups is 1. The molecule has 0 saturated carbocycles. The molecule has 2 heterocycles. The third-order valence-electron chi connectivity index (χ3n) is 3.51. The summed E-state index contributed by atoms with van der Waals surface area (Å²) in [5.74, 6) is 0.560. The monoisotopic (exact) mass is 394 g/mol. The molecule has 1 amide bonds. The first-order valence-electron chi connectivity index (χ1n) is 7.20. The third-order valence-corrected chi connectivity index (χ3v) is 5.12. The van der Waals surface area contributed by atoms with E-state index in [1.165, 1.54) is 28.8 Å². The van der Waals surface area contributed by atoms with Crippen molar-refractivity contribution in [1.82, 2.24) is 4.90 Å². The first-order chi connectivity index (χ1) is 11.9. The number of furan rings is 1. The van der Waals surface area contributed by atoms with Gasteiger partial charge in [-0.1, -0.05) is 35.6 Å². The summed E-state index contributed by atoms with van der Waals surface area (Å²) in [6.45, 7) is 2.35. The highest BCUT2D eigenvalue weighted by Crippen LogP contribution is 2.36. The molecule has 128 valence electrons. The first kappa shape index (κ1) is 17.7. The summed E-state index contributed by atoms with van der Waals surface area (Å²) in [7, 11) is 0. The molecule has 3 rings (SSSR count). The minimum atomic E-state index is -0.518. The highest BCUT2D eigenvalue weighted by Gasteiger charge is 2.31. The van der Waals surface area contributed by atoms with E-state index in [0.717, 1.165) is 0 Å². The predicted molar refractivity (Wildman–Crippen MR) is 101 cm³/mol. The molecule has 9 heteroatoms. The molecule has 0 atom stereocenters. The molecule has 1 aliphatic heterocycles. The van der Waals surface area contributed by atoms with Gasteiger partial charge in [0.2, 0.25) is 0 Å². The van der Waals surface area contributed by atoms with Crippen LogP contribution in [0.2, 0.25) is 5.02 Å². The summed E-state index contributed by atoms with van der Waals surface area (Å²) >= 11 is 12.2. The average molecular weight is 395 g/mol. The Morgan fingerprint density at radius 2 is 2.16 bits per heavy atom. The van der Waals surface area contributed by atoms with Crippen molar-refractivity contribution in [3.8, 4) is 11.3 Å². The molecule has 1 saturated heterocycles. The van der Waals surface area contributed by atoms with Crippen LogP contribution < -0.4 is 0 Å². The van der Waals surface area contributed by atoms with Crippen LogP contribution in [0.1, 0.15) is 12.7 Å². The second-order valence-electron chi connectivity index (χ2n) is 5.05. The Labute approximate surface area is 157 Å². The number of hydrogen-bond acceptors (Lipinski definition) is 6. The fourth-order valence-electron chi connectivity index (χ4n) is 2.34. The fourth-order valence-corrected chi connectivity index (χ4v) is 3.87. The second-order valence-corrected chi connectivity index (χ2v) is 7.16. The summed E-state index contributed by atoms with van der Waals surface area (Å²) in [5.41, 5.74) is 0.167. The maximum atomic E-state index is 12.2. The lowest BCUT2D eigenvalue weighted by Crippen LogP contribution is -2.27. The molecule has 0 aliphatic carbocycles. The molecule has 6 nitrogen and oxygen atoms in total. The molecule has 0 bridgehead atoms. The zero-order valence-electron chi connectivity index (χ0n) is 12.9. The number of rotatable bonds is 4. The summed E-state index contributed by atoms with van der Waals surface area (Å²) in [5, 5.41) is 11.5. The number of nitrogens with zero attached hydrogens (tertiary/aromatic N) is 2. The minimum Gasteiger partial charge on any atom is -0.456 e. The summed E-state index contributed by atoms with van der Waals surface area (Å²) in [6.07, 6.45) is 1.58. The van der Waals surface area contributed by atoms with E-state index < -0.39 is 4.92 Å². The molecule has 1 fully saturated rings. The van der Waals surface area contributed by atoms with Gasteiger partial charge in [0.05, 0.1) is 15.4 Å². The van der Waals surface area contributed by atoms with Gasteiger partial charge in [0, 0.05) is 23.7 Å². The Hall–Kier alpha value is -2.16. The molecule has 0 N–H and O–H groups in total. The van der Waals surface area contributed by atoms with Crippen molar-refractivity contribution >= 4 is 57.6 Å². The van der Waals surface area contributed by atoms with E-state index in [-0.39, 0.29) is 16.6 Å². The van der Waals surface area contributed by atoms with E-state index >= 15 is 0 Å². The largest absolute Gasteiger partial charge is 0.456 e. The zero-order valence-corrected chi connectivity index (χ0v) is 15.3. The maximum absolute atomic E-state index is 12.2. The van der Waals surface area contributed by atoms with E-state index in [0.29, 0.717) is 32.9 Å². The first-order valence-corrected chi connectivity index (χ1v) is 8.80. The van der Waals surface area contributed by atoms with Crippen LogP contribution in [0.4, 0.5) is 5.69 Å². The van der Waals surface area contributed by atoms with Crippen molar-refractivity contribution < 1.29 is 14.1 Å². The Bertz CT molecular complexity index is 923. The lowest BCUT2D eigenvalue weighted by atomic mass is 10.1. The predicted octanol–water partition coefficient (Wildman–Crippen LogP) is 4.73. The van der Waals surface area contributed by atoms with E-state index in [2.05, 4.69) is 0 Å². The number of likely N-dealkylation sites (N-methyl/N-ethyl adjacent to an activating group) is 1. The van der Waals surface area contributed by atoms with Crippen LogP contribution in [0.25, 0.3) is 17.4 Å². The lowest BCUT2D eigenvalue weighted by molar-refractivity contribution is -0.384. The number of amides is 1. The average Bonchev–Trinajstić information content (AvgIpc) is 3.12. The normalized spacial score (nSPS) is 16.1. The number of hydrogen-bond donors (Lipinski definition) is 0. The van der Waals surface area contributed by atoms with Gasteiger partial charge >= 0.3 is 0 Å². The van der Waals surface area contributed by atoms with Gasteiger partial charge in [-0.25, -0.2) is 0 Å². The summed E-state index contributed by atoms with van der Waals surface area (Å²) in [4.78, 5) is 24.9. The number of thioether (sulfide) groups is 1. The number of nitro benzene ring substituents is 1. The van der Waals surface area contributed by atoms with Gasteiger partial charge in [0.15, 0.2) is 0 Å². The number of carbonyl (C=O) groups is 1. The van der Waals surface area contributed by atoms with Gasteiger partial charge in [-0.3, -0.25) is 19.8 Å². The van der Waals surface area contributed by atoms with E-state index in [4.69, 9.17) is 28.2 Å². The topological polar surface area (TPSA) is 76.6 Å². The summed E-state index contributed by atoms with van der Waals surface area (Å²) in [6, 6.07) is 7.61. The van der Waals surface area contributed by atoms with Crippen LogP contribution in [-0.2, 0) is 4.79 Å². The van der Waals surface area contributed by atoms with Gasteiger partial charge in [-0.15, -0.1) is 0 Å². The molecular weight excluding hydrogens is 384 g/mol. The van der Waals surface area contributed by atoms with Crippen LogP contribution in [-0.4, -0.2) is 26.6 Å². The van der Waals surface area contributed by atoms with E-state index in [1.54, 1.807) is 24.3 Å². The highest BCUT2D eigenvalue weighted by atomic mass is 35.5. The Morgan fingerprint density at radius 1 is 1.40 bits per heavy atom. The zero-order chi connectivity index (χ0) is 18.1. The van der Waals surface area contributed by atoms with Crippen LogP contribution in [0.3, 0.4) is 0 Å². The van der Waals surface area contributed by atoms with Gasteiger partial charge in [0.25, 0.3) is 11.6 Å². The van der Waals surface area contributed by atoms with Crippen LogP contribution >= 0.6 is 35.6 Å². The van der Waals surface area contributed by atoms with Gasteiger partial charge in [-0.2, -0.15) is 0 Å². The molecule has 25 heavy (non-hydrogen) atoms. The van der Waals surface area contributed by atoms with Crippen molar-refractivity contribution in [3.63, 3.8) is 0 Å². The van der Waals surface area contributed by atoms with Crippen molar-refractivity contribution in [1.29, 1.82) is 0 Å². The quantitative estimate of drug-likeness (QED) is 0.323. The van der Waals surface area contributed by atoms with Gasteiger partial charge < -0.3 is 4.42 Å². The Kier molecular flexibility index (Phi) is 4.94. The smallest absolute Gasteiger partial charge is 0.281 e. The van der Waals surface area contributed by atoms with Crippen LogP contribution in [0.5, 0.6) is 0 Å². The Morgan fingerprint density at radius 3 is 2.80 bits per heavy atom. The third kappa shape index (κ3) is 3.46. The number of halogens is 1. The molecule has 2 aromatic rings. The molecule has 0 spiro atoms. The van der Waals surface area contributed by atoms with Crippen LogP contribution in [0.15, 0.2) is 39.7 Å². The summed E-state index contributed by atoms with van der Waals surface area (Å²) < 4.78 is 6.16. The van der Waals surface area contributed by atoms with Crippen molar-refractivity contribution in [2.75, 3.05) is 6.54 Å². The van der Waals surface area contributed by atoms with Crippen molar-refractivity contribution in [2.24, 2.45) is 0 Å². The number of nitro groups is 1. The number of carbonyl (C=O) groups excluding carboxylic acids is 1. The SMILES string of the molecule is CCN1C(=O)/C(=C\c2ccc(-c3ccc(Cl)cc3[N+](=O)[O-])o2)SC1=S. The Balaban J connectivity index is 1.95. The maximum Gasteiger partial charge on any atom is 0.281 e. The van der Waals surface area contributed by atoms with Crippen molar-refractivity contribution in [2.45, 2.75) is 6.92 Å². The minimum absolute atomic E-state index is 0.147. The highest BCUT2D eigenvalue weighted by molar-refractivity contribution is 8.26. The van der Waals surface area contributed by atoms with Gasteiger partial charge in [-0.05, 0) is 31.2 Å². The lowest BCUT2D eigenvalue weighted by Gasteiger charge is -2.09. The fraction of sp³-hybridized carbons (Fsp3) is 0.125. The van der Waals surface area contributed by atoms with Crippen molar-refractivity contribution in [3.05, 3.63) is 56.1 Å². The second kappa shape index (κ2) is 6.99.